The lowest BCUT2D eigenvalue weighted by atomic mass is 10.2. The van der Waals surface area contributed by atoms with E-state index in [4.69, 9.17) is 5.10 Å². The molecule has 4 nitrogen and oxygen atoms in total. The molecule has 0 atom stereocenters. The summed E-state index contributed by atoms with van der Waals surface area (Å²) in [6.07, 6.45) is 0. The zero-order valence-corrected chi connectivity index (χ0v) is 13.0. The van der Waals surface area contributed by atoms with Crippen LogP contribution in [0, 0.1) is 6.92 Å². The highest BCUT2D eigenvalue weighted by Gasteiger charge is 2.20. The van der Waals surface area contributed by atoms with Gasteiger partial charge in [0.25, 0.3) is 0 Å². The topological polar surface area (TPSA) is 33.1 Å². The highest BCUT2D eigenvalue weighted by molar-refractivity contribution is 5.55. The Morgan fingerprint density at radius 1 is 1.25 bits per heavy atom. The summed E-state index contributed by atoms with van der Waals surface area (Å²) in [6, 6.07) is 10.7. The molecule has 1 aromatic heterocycles. The van der Waals surface area contributed by atoms with E-state index in [0.717, 1.165) is 23.7 Å². The Kier molecular flexibility index (Phi) is 4.45. The van der Waals surface area contributed by atoms with Crippen LogP contribution in [0.5, 0.6) is 0 Å². The molecule has 2 rings (SSSR count). The van der Waals surface area contributed by atoms with Gasteiger partial charge >= 0.3 is 0 Å². The zero-order chi connectivity index (χ0) is 14.7. The summed E-state index contributed by atoms with van der Waals surface area (Å²) in [7, 11) is 4.10. The lowest BCUT2D eigenvalue weighted by Gasteiger charge is -2.26. The third kappa shape index (κ3) is 2.70. The summed E-state index contributed by atoms with van der Waals surface area (Å²) in [5, 5.41) is 7.98. The van der Waals surface area contributed by atoms with E-state index in [1.807, 2.05) is 29.9 Å². The average molecular weight is 272 g/mol. The van der Waals surface area contributed by atoms with Gasteiger partial charge in [-0.1, -0.05) is 18.2 Å². The van der Waals surface area contributed by atoms with Crippen LogP contribution in [0.3, 0.4) is 0 Å². The minimum Gasteiger partial charge on any atom is -0.357 e. The molecule has 0 aliphatic heterocycles. The molecule has 2 aromatic rings. The van der Waals surface area contributed by atoms with Gasteiger partial charge in [-0.15, -0.1) is 0 Å². The van der Waals surface area contributed by atoms with Gasteiger partial charge < -0.3 is 10.2 Å². The van der Waals surface area contributed by atoms with E-state index in [2.05, 4.69) is 50.2 Å². The Morgan fingerprint density at radius 2 is 1.90 bits per heavy atom. The molecule has 0 bridgehead atoms. The molecule has 4 heteroatoms. The first-order valence-electron chi connectivity index (χ1n) is 7.07. The number of aromatic nitrogens is 2. The fraction of sp³-hybridized carbons (Fsp3) is 0.438. The number of hydrogen-bond donors (Lipinski definition) is 1. The fourth-order valence-corrected chi connectivity index (χ4v) is 2.29. The predicted molar refractivity (Wildman–Crippen MR) is 84.6 cm³/mol. The molecule has 0 fully saturated rings. The molecule has 108 valence electrons. The van der Waals surface area contributed by atoms with Gasteiger partial charge in [-0.25, -0.2) is 4.68 Å². The van der Waals surface area contributed by atoms with Crippen molar-refractivity contribution in [1.29, 1.82) is 0 Å². The van der Waals surface area contributed by atoms with Crippen molar-refractivity contribution >= 4 is 5.82 Å². The Morgan fingerprint density at radius 3 is 2.45 bits per heavy atom. The van der Waals surface area contributed by atoms with Crippen LogP contribution in [-0.4, -0.2) is 29.9 Å². The maximum absolute atomic E-state index is 4.74. The Hall–Kier alpha value is -1.81. The zero-order valence-electron chi connectivity index (χ0n) is 13.0. The van der Waals surface area contributed by atoms with Crippen LogP contribution in [0.15, 0.2) is 30.3 Å². The van der Waals surface area contributed by atoms with Crippen molar-refractivity contribution in [3.8, 4) is 5.69 Å². The van der Waals surface area contributed by atoms with Crippen LogP contribution in [0.25, 0.3) is 5.69 Å². The quantitative estimate of drug-likeness (QED) is 0.908. The van der Waals surface area contributed by atoms with Gasteiger partial charge in [-0.2, -0.15) is 5.10 Å². The fourth-order valence-electron chi connectivity index (χ4n) is 2.29. The Labute approximate surface area is 121 Å². The van der Waals surface area contributed by atoms with E-state index < -0.39 is 0 Å². The number of para-hydroxylation sites is 1. The smallest absolute Gasteiger partial charge is 0.137 e. The summed E-state index contributed by atoms with van der Waals surface area (Å²) in [4.78, 5) is 2.28. The lowest BCUT2D eigenvalue weighted by molar-refractivity contribution is 0.708. The lowest BCUT2D eigenvalue weighted by Crippen LogP contribution is -2.29. The maximum atomic E-state index is 4.74. The molecular weight excluding hydrogens is 248 g/mol. The van der Waals surface area contributed by atoms with E-state index in [1.54, 1.807) is 0 Å². The van der Waals surface area contributed by atoms with Crippen LogP contribution in [-0.2, 0) is 6.54 Å². The Balaban J connectivity index is 2.59. The molecule has 0 saturated heterocycles. The second-order valence-corrected chi connectivity index (χ2v) is 5.37. The van der Waals surface area contributed by atoms with Crippen molar-refractivity contribution in [2.75, 3.05) is 19.0 Å². The number of aryl methyl sites for hydroxylation is 1. The van der Waals surface area contributed by atoms with Crippen molar-refractivity contribution in [3.05, 3.63) is 41.6 Å². The second-order valence-electron chi connectivity index (χ2n) is 5.37. The van der Waals surface area contributed by atoms with Crippen LogP contribution >= 0.6 is 0 Å². The largest absolute Gasteiger partial charge is 0.357 e. The van der Waals surface area contributed by atoms with Gasteiger partial charge in [0.2, 0.25) is 0 Å². The van der Waals surface area contributed by atoms with Crippen LogP contribution in [0.2, 0.25) is 0 Å². The summed E-state index contributed by atoms with van der Waals surface area (Å²) >= 11 is 0. The SMILES string of the molecule is CNCc1c(C)nn(-c2ccccc2)c1N(C)C(C)C. The standard InChI is InChI=1S/C16H24N4/c1-12(2)19(5)16-15(11-17-4)13(3)18-20(16)14-9-7-6-8-10-14/h6-10,12,17H,11H2,1-5H3. The van der Waals surface area contributed by atoms with Gasteiger partial charge in [0.15, 0.2) is 0 Å². The highest BCUT2D eigenvalue weighted by Crippen LogP contribution is 2.27. The first-order chi connectivity index (χ1) is 9.56. The number of nitrogens with one attached hydrogen (secondary N) is 1. The molecule has 0 radical (unpaired) electrons. The van der Waals surface area contributed by atoms with Gasteiger partial charge in [0.1, 0.15) is 5.82 Å². The first kappa shape index (κ1) is 14.6. The molecule has 0 spiro atoms. The summed E-state index contributed by atoms with van der Waals surface area (Å²) < 4.78 is 2.04. The molecule has 0 aliphatic rings. The number of hydrogen-bond acceptors (Lipinski definition) is 3. The van der Waals surface area contributed by atoms with Crippen molar-refractivity contribution < 1.29 is 0 Å². The Bertz CT molecular complexity index is 557. The molecule has 20 heavy (non-hydrogen) atoms. The molecule has 1 heterocycles. The van der Waals surface area contributed by atoms with Gasteiger partial charge in [0, 0.05) is 25.2 Å². The van der Waals surface area contributed by atoms with E-state index in [0.29, 0.717) is 6.04 Å². The maximum Gasteiger partial charge on any atom is 0.137 e. The number of benzene rings is 1. The van der Waals surface area contributed by atoms with Crippen LogP contribution < -0.4 is 10.2 Å². The van der Waals surface area contributed by atoms with Crippen molar-refractivity contribution in [2.24, 2.45) is 0 Å². The number of rotatable bonds is 5. The van der Waals surface area contributed by atoms with Crippen LogP contribution in [0.1, 0.15) is 25.1 Å². The predicted octanol–water partition coefficient (Wildman–Crippen LogP) is 2.74. The molecule has 0 saturated carbocycles. The van der Waals surface area contributed by atoms with Crippen molar-refractivity contribution in [1.82, 2.24) is 15.1 Å². The molecule has 1 N–H and O–H groups in total. The third-order valence-electron chi connectivity index (χ3n) is 3.62. The molecular formula is C16H24N4. The first-order valence-corrected chi connectivity index (χ1v) is 7.07. The minimum atomic E-state index is 0.421. The van der Waals surface area contributed by atoms with E-state index in [1.165, 1.54) is 5.56 Å². The summed E-state index contributed by atoms with van der Waals surface area (Å²) in [5.74, 6) is 1.16. The van der Waals surface area contributed by atoms with Crippen molar-refractivity contribution in [2.45, 2.75) is 33.4 Å². The normalized spacial score (nSPS) is 11.1. The third-order valence-corrected chi connectivity index (χ3v) is 3.62. The monoisotopic (exact) mass is 272 g/mol. The summed E-state index contributed by atoms with van der Waals surface area (Å²) in [6.45, 7) is 7.29. The van der Waals surface area contributed by atoms with Crippen molar-refractivity contribution in [3.63, 3.8) is 0 Å². The number of nitrogens with zero attached hydrogens (tertiary/aromatic N) is 3. The summed E-state index contributed by atoms with van der Waals surface area (Å²) in [5.41, 5.74) is 3.43. The minimum absolute atomic E-state index is 0.421. The molecule has 0 aliphatic carbocycles. The van der Waals surface area contributed by atoms with Gasteiger partial charge in [-0.3, -0.25) is 0 Å². The molecule has 0 unspecified atom stereocenters. The van der Waals surface area contributed by atoms with E-state index in [-0.39, 0.29) is 0 Å². The number of anilines is 1. The second kappa shape index (κ2) is 6.09. The molecule has 0 amide bonds. The van der Waals surface area contributed by atoms with E-state index in [9.17, 15) is 0 Å². The van der Waals surface area contributed by atoms with Gasteiger partial charge in [-0.05, 0) is 40.0 Å². The average Bonchev–Trinajstić information content (AvgIpc) is 2.77. The van der Waals surface area contributed by atoms with Gasteiger partial charge in [0.05, 0.1) is 11.4 Å². The van der Waals surface area contributed by atoms with E-state index >= 15 is 0 Å². The van der Waals surface area contributed by atoms with Crippen LogP contribution in [0.4, 0.5) is 5.82 Å². The molecule has 1 aromatic carbocycles. The highest BCUT2D eigenvalue weighted by atomic mass is 15.4.